The van der Waals surface area contributed by atoms with E-state index >= 15 is 0 Å². The second kappa shape index (κ2) is 5.69. The fourth-order valence-corrected chi connectivity index (χ4v) is 1.49. The summed E-state index contributed by atoms with van der Waals surface area (Å²) in [7, 11) is 0. The third kappa shape index (κ3) is 3.57. The van der Waals surface area contributed by atoms with Gasteiger partial charge in [0.2, 0.25) is 5.91 Å². The van der Waals surface area contributed by atoms with Crippen molar-refractivity contribution in [2.24, 2.45) is 0 Å². The zero-order valence-corrected chi connectivity index (χ0v) is 10.3. The van der Waals surface area contributed by atoms with Crippen molar-refractivity contribution in [3.05, 3.63) is 41.7 Å². The van der Waals surface area contributed by atoms with Crippen LogP contribution in [0.3, 0.4) is 0 Å². The maximum atomic E-state index is 11.6. The van der Waals surface area contributed by atoms with Crippen LogP contribution < -0.4 is 10.6 Å². The maximum absolute atomic E-state index is 11.6. The minimum Gasteiger partial charge on any atom is -0.376 e. The minimum absolute atomic E-state index is 0.0841. The van der Waals surface area contributed by atoms with Gasteiger partial charge in [0, 0.05) is 11.8 Å². The number of anilines is 2. The van der Waals surface area contributed by atoms with Crippen molar-refractivity contribution in [1.82, 2.24) is 5.16 Å². The second-order valence-corrected chi connectivity index (χ2v) is 3.92. The lowest BCUT2D eigenvalue weighted by Crippen LogP contribution is -2.21. The normalized spacial score (nSPS) is 9.68. The molecule has 1 heterocycles. The monoisotopic (exact) mass is 256 g/mol. The maximum Gasteiger partial charge on any atom is 0.244 e. The Morgan fingerprint density at radius 3 is 3.00 bits per heavy atom. The zero-order valence-electron chi connectivity index (χ0n) is 10.3. The van der Waals surface area contributed by atoms with Crippen molar-refractivity contribution in [3.8, 4) is 6.07 Å². The molecule has 19 heavy (non-hydrogen) atoms. The SMILES string of the molecule is Cc1cc(NC(=O)CNc2cccc(C#N)c2)no1. The highest BCUT2D eigenvalue weighted by Gasteiger charge is 2.05. The highest BCUT2D eigenvalue weighted by Crippen LogP contribution is 2.10. The number of carbonyl (C=O) groups excluding carboxylic acids is 1. The van der Waals surface area contributed by atoms with Crippen LogP contribution in [-0.2, 0) is 4.79 Å². The number of aryl methyl sites for hydroxylation is 1. The molecule has 0 atom stereocenters. The fraction of sp³-hybridized carbons (Fsp3) is 0.154. The number of benzene rings is 1. The highest BCUT2D eigenvalue weighted by atomic mass is 16.5. The number of rotatable bonds is 4. The summed E-state index contributed by atoms with van der Waals surface area (Å²) in [5, 5.41) is 17.9. The first-order valence-electron chi connectivity index (χ1n) is 5.64. The first-order valence-corrected chi connectivity index (χ1v) is 5.64. The Labute approximate surface area is 110 Å². The van der Waals surface area contributed by atoms with E-state index in [-0.39, 0.29) is 12.5 Å². The molecule has 6 nitrogen and oxygen atoms in total. The number of nitrogens with zero attached hydrogens (tertiary/aromatic N) is 2. The Hall–Kier alpha value is -2.81. The van der Waals surface area contributed by atoms with Crippen LogP contribution in [0.1, 0.15) is 11.3 Å². The van der Waals surface area contributed by atoms with Gasteiger partial charge in [-0.3, -0.25) is 4.79 Å². The molecule has 0 bridgehead atoms. The summed E-state index contributed by atoms with van der Waals surface area (Å²) in [4.78, 5) is 11.6. The standard InChI is InChI=1S/C13H12N4O2/c1-9-5-12(17-19-9)16-13(18)8-15-11-4-2-3-10(6-11)7-14/h2-6,15H,8H2,1H3,(H,16,17,18). The highest BCUT2D eigenvalue weighted by molar-refractivity contribution is 5.92. The number of hydrogen-bond donors (Lipinski definition) is 2. The van der Waals surface area contributed by atoms with E-state index in [0.29, 0.717) is 22.8 Å². The van der Waals surface area contributed by atoms with E-state index in [2.05, 4.69) is 15.8 Å². The molecule has 1 aromatic heterocycles. The number of nitrogens with one attached hydrogen (secondary N) is 2. The van der Waals surface area contributed by atoms with Crippen molar-refractivity contribution in [2.45, 2.75) is 6.92 Å². The Balaban J connectivity index is 1.88. The van der Waals surface area contributed by atoms with Crippen LogP contribution in [-0.4, -0.2) is 17.6 Å². The topological polar surface area (TPSA) is 91.0 Å². The number of carbonyl (C=O) groups is 1. The largest absolute Gasteiger partial charge is 0.376 e. The molecule has 96 valence electrons. The summed E-state index contributed by atoms with van der Waals surface area (Å²) in [6.07, 6.45) is 0. The average molecular weight is 256 g/mol. The molecule has 1 amide bonds. The molecule has 0 aliphatic rings. The molecule has 0 saturated carbocycles. The zero-order chi connectivity index (χ0) is 13.7. The van der Waals surface area contributed by atoms with E-state index in [4.69, 9.17) is 9.78 Å². The van der Waals surface area contributed by atoms with Gasteiger partial charge in [-0.25, -0.2) is 0 Å². The van der Waals surface area contributed by atoms with Gasteiger partial charge in [-0.1, -0.05) is 11.2 Å². The van der Waals surface area contributed by atoms with Gasteiger partial charge in [0.15, 0.2) is 5.82 Å². The quantitative estimate of drug-likeness (QED) is 0.871. The molecule has 2 rings (SSSR count). The van der Waals surface area contributed by atoms with Crippen LogP contribution in [0, 0.1) is 18.3 Å². The van der Waals surface area contributed by atoms with Crippen LogP contribution in [0.2, 0.25) is 0 Å². The lowest BCUT2D eigenvalue weighted by atomic mass is 10.2. The van der Waals surface area contributed by atoms with Gasteiger partial charge in [-0.05, 0) is 25.1 Å². The van der Waals surface area contributed by atoms with E-state index in [9.17, 15) is 4.79 Å². The second-order valence-electron chi connectivity index (χ2n) is 3.92. The van der Waals surface area contributed by atoms with E-state index in [1.54, 1.807) is 37.3 Å². The molecule has 0 aliphatic carbocycles. The lowest BCUT2D eigenvalue weighted by Gasteiger charge is -2.05. The fourth-order valence-electron chi connectivity index (χ4n) is 1.49. The summed E-state index contributed by atoms with van der Waals surface area (Å²) < 4.78 is 4.84. The minimum atomic E-state index is -0.240. The first-order chi connectivity index (χ1) is 9.17. The van der Waals surface area contributed by atoms with E-state index < -0.39 is 0 Å². The van der Waals surface area contributed by atoms with Crippen molar-refractivity contribution >= 4 is 17.4 Å². The van der Waals surface area contributed by atoms with E-state index in [1.165, 1.54) is 0 Å². The molecule has 6 heteroatoms. The van der Waals surface area contributed by atoms with Gasteiger partial charge < -0.3 is 15.2 Å². The van der Waals surface area contributed by atoms with Crippen LogP contribution in [0.15, 0.2) is 34.9 Å². The van der Waals surface area contributed by atoms with Gasteiger partial charge in [0.25, 0.3) is 0 Å². The van der Waals surface area contributed by atoms with Crippen LogP contribution in [0.5, 0.6) is 0 Å². The molecule has 0 aliphatic heterocycles. The first kappa shape index (κ1) is 12.6. The summed E-state index contributed by atoms with van der Waals surface area (Å²) >= 11 is 0. The van der Waals surface area contributed by atoms with E-state index in [0.717, 1.165) is 0 Å². The summed E-state index contributed by atoms with van der Waals surface area (Å²) in [5.41, 5.74) is 1.25. The van der Waals surface area contributed by atoms with Gasteiger partial charge in [-0.15, -0.1) is 0 Å². The Bertz CT molecular complexity index is 628. The van der Waals surface area contributed by atoms with Crippen LogP contribution >= 0.6 is 0 Å². The smallest absolute Gasteiger partial charge is 0.244 e. The van der Waals surface area contributed by atoms with E-state index in [1.807, 2.05) is 6.07 Å². The number of amides is 1. The predicted octanol–water partition coefficient (Wildman–Crippen LogP) is 1.91. The molecule has 1 aromatic carbocycles. The third-order valence-corrected chi connectivity index (χ3v) is 2.34. The molecule has 2 N–H and O–H groups in total. The Morgan fingerprint density at radius 2 is 2.32 bits per heavy atom. The third-order valence-electron chi connectivity index (χ3n) is 2.34. The molecule has 2 aromatic rings. The van der Waals surface area contributed by atoms with Crippen molar-refractivity contribution in [2.75, 3.05) is 17.2 Å². The van der Waals surface area contributed by atoms with Gasteiger partial charge in [0.05, 0.1) is 18.2 Å². The summed E-state index contributed by atoms with van der Waals surface area (Å²) in [6, 6.07) is 10.6. The number of nitriles is 1. The molecular formula is C13H12N4O2. The van der Waals surface area contributed by atoms with Crippen LogP contribution in [0.4, 0.5) is 11.5 Å². The van der Waals surface area contributed by atoms with Crippen molar-refractivity contribution < 1.29 is 9.32 Å². The van der Waals surface area contributed by atoms with Gasteiger partial charge >= 0.3 is 0 Å². The molecule has 0 fully saturated rings. The molecule has 0 spiro atoms. The molecule has 0 saturated heterocycles. The summed E-state index contributed by atoms with van der Waals surface area (Å²) in [6.45, 7) is 1.83. The molecule has 0 unspecified atom stereocenters. The average Bonchev–Trinajstić information content (AvgIpc) is 2.82. The van der Waals surface area contributed by atoms with Crippen LogP contribution in [0.25, 0.3) is 0 Å². The molecular weight excluding hydrogens is 244 g/mol. The van der Waals surface area contributed by atoms with Crippen molar-refractivity contribution in [3.63, 3.8) is 0 Å². The Morgan fingerprint density at radius 1 is 1.47 bits per heavy atom. The Kier molecular flexibility index (Phi) is 3.78. The molecule has 0 radical (unpaired) electrons. The van der Waals surface area contributed by atoms with Gasteiger partial charge in [0.1, 0.15) is 5.76 Å². The predicted molar refractivity (Wildman–Crippen MR) is 69.5 cm³/mol. The lowest BCUT2D eigenvalue weighted by molar-refractivity contribution is -0.114. The van der Waals surface area contributed by atoms with Gasteiger partial charge in [-0.2, -0.15) is 5.26 Å². The number of hydrogen-bond acceptors (Lipinski definition) is 5. The van der Waals surface area contributed by atoms with Crippen molar-refractivity contribution in [1.29, 1.82) is 5.26 Å². The number of aromatic nitrogens is 1. The summed E-state index contributed by atoms with van der Waals surface area (Å²) in [5.74, 6) is 0.774.